The summed E-state index contributed by atoms with van der Waals surface area (Å²) in [5, 5.41) is 14.9. The van der Waals surface area contributed by atoms with Crippen molar-refractivity contribution in [1.29, 1.82) is 0 Å². The molecule has 0 aromatic heterocycles. The van der Waals surface area contributed by atoms with E-state index >= 15 is 0 Å². The molecule has 0 bridgehead atoms. The van der Waals surface area contributed by atoms with Crippen molar-refractivity contribution in [3.8, 4) is 0 Å². The Morgan fingerprint density at radius 1 is 1.42 bits per heavy atom. The maximum atomic E-state index is 12.0. The van der Waals surface area contributed by atoms with Crippen molar-refractivity contribution >= 4 is 11.7 Å². The van der Waals surface area contributed by atoms with Gasteiger partial charge in [-0.25, -0.2) is 0 Å². The van der Waals surface area contributed by atoms with Gasteiger partial charge in [-0.15, -0.1) is 0 Å². The first-order valence-corrected chi connectivity index (χ1v) is 7.07. The zero-order valence-corrected chi connectivity index (χ0v) is 11.2. The molecule has 0 spiro atoms. The Bertz CT molecular complexity index is 345. The van der Waals surface area contributed by atoms with Gasteiger partial charge in [0, 0.05) is 13.0 Å². The minimum atomic E-state index is -0.637. The third-order valence-electron chi connectivity index (χ3n) is 4.15. The third-order valence-corrected chi connectivity index (χ3v) is 4.15. The molecular formula is C13H23N3O3. The van der Waals surface area contributed by atoms with Gasteiger partial charge < -0.3 is 21.0 Å². The van der Waals surface area contributed by atoms with E-state index in [0.29, 0.717) is 6.42 Å². The molecule has 1 aliphatic carbocycles. The Balaban J connectivity index is 1.85. The lowest BCUT2D eigenvalue weighted by molar-refractivity contribution is -0.122. The maximum Gasteiger partial charge on any atom is 0.220 e. The number of nitrogens with two attached hydrogens (primary N) is 1. The van der Waals surface area contributed by atoms with Crippen molar-refractivity contribution in [2.24, 2.45) is 10.9 Å². The van der Waals surface area contributed by atoms with Crippen molar-refractivity contribution in [3.63, 3.8) is 0 Å². The highest BCUT2D eigenvalue weighted by atomic mass is 16.5. The SMILES string of the molecule is NC(=NO)C1(NC(=O)CCC2CCCO2)CCCC1. The first kappa shape index (κ1) is 14.1. The van der Waals surface area contributed by atoms with Gasteiger partial charge in [0.25, 0.3) is 0 Å². The monoisotopic (exact) mass is 269 g/mol. The Morgan fingerprint density at radius 3 is 2.74 bits per heavy atom. The van der Waals surface area contributed by atoms with Crippen molar-refractivity contribution in [1.82, 2.24) is 5.32 Å². The molecule has 4 N–H and O–H groups in total. The van der Waals surface area contributed by atoms with Crippen LogP contribution in [0.25, 0.3) is 0 Å². The molecule has 2 aliphatic rings. The van der Waals surface area contributed by atoms with Crippen LogP contribution >= 0.6 is 0 Å². The van der Waals surface area contributed by atoms with Crippen LogP contribution in [0.5, 0.6) is 0 Å². The standard InChI is InChI=1S/C13H23N3O3/c14-12(16-18)13(7-1-2-8-13)15-11(17)6-5-10-4-3-9-19-10/h10,18H,1-9H2,(H2,14,16)(H,15,17). The van der Waals surface area contributed by atoms with E-state index in [2.05, 4.69) is 10.5 Å². The lowest BCUT2D eigenvalue weighted by Crippen LogP contribution is -2.55. The lowest BCUT2D eigenvalue weighted by Gasteiger charge is -2.29. The number of hydrogen-bond donors (Lipinski definition) is 3. The number of carbonyl (C=O) groups excluding carboxylic acids is 1. The smallest absolute Gasteiger partial charge is 0.220 e. The van der Waals surface area contributed by atoms with E-state index in [4.69, 9.17) is 15.7 Å². The van der Waals surface area contributed by atoms with Crippen LogP contribution in [0, 0.1) is 0 Å². The third kappa shape index (κ3) is 3.37. The van der Waals surface area contributed by atoms with E-state index in [1.807, 2.05) is 0 Å². The zero-order valence-electron chi connectivity index (χ0n) is 11.2. The first-order valence-electron chi connectivity index (χ1n) is 7.07. The van der Waals surface area contributed by atoms with Crippen molar-refractivity contribution in [3.05, 3.63) is 0 Å². The van der Waals surface area contributed by atoms with Crippen LogP contribution in [0.2, 0.25) is 0 Å². The Labute approximate surface area is 113 Å². The molecule has 1 heterocycles. The fraction of sp³-hybridized carbons (Fsp3) is 0.846. The molecule has 2 fully saturated rings. The highest BCUT2D eigenvalue weighted by Gasteiger charge is 2.39. The molecular weight excluding hydrogens is 246 g/mol. The molecule has 0 aromatic rings. The van der Waals surface area contributed by atoms with E-state index < -0.39 is 5.54 Å². The summed E-state index contributed by atoms with van der Waals surface area (Å²) in [6.07, 6.45) is 6.99. The number of hydrogen-bond acceptors (Lipinski definition) is 4. The van der Waals surface area contributed by atoms with Crippen LogP contribution in [-0.2, 0) is 9.53 Å². The van der Waals surface area contributed by atoms with E-state index in [1.165, 1.54) is 0 Å². The molecule has 6 nitrogen and oxygen atoms in total. The second-order valence-corrected chi connectivity index (χ2v) is 5.50. The quantitative estimate of drug-likeness (QED) is 0.301. The highest BCUT2D eigenvalue weighted by molar-refractivity contribution is 5.94. The van der Waals surface area contributed by atoms with Gasteiger partial charge in [-0.2, -0.15) is 0 Å². The largest absolute Gasteiger partial charge is 0.409 e. The molecule has 19 heavy (non-hydrogen) atoms. The predicted molar refractivity (Wildman–Crippen MR) is 71.0 cm³/mol. The van der Waals surface area contributed by atoms with Gasteiger partial charge in [-0.05, 0) is 32.1 Å². The second-order valence-electron chi connectivity index (χ2n) is 5.50. The van der Waals surface area contributed by atoms with Crippen molar-refractivity contribution in [2.45, 2.75) is 63.0 Å². The molecule has 1 saturated heterocycles. The first-order chi connectivity index (χ1) is 9.16. The summed E-state index contributed by atoms with van der Waals surface area (Å²) in [4.78, 5) is 12.0. The van der Waals surface area contributed by atoms with Gasteiger partial charge >= 0.3 is 0 Å². The Kier molecular flexibility index (Phi) is 4.63. The van der Waals surface area contributed by atoms with Crippen LogP contribution in [0.3, 0.4) is 0 Å². The normalized spacial score (nSPS) is 26.5. The molecule has 1 aliphatic heterocycles. The summed E-state index contributed by atoms with van der Waals surface area (Å²) in [6, 6.07) is 0. The fourth-order valence-corrected chi connectivity index (χ4v) is 3.01. The fourth-order valence-electron chi connectivity index (χ4n) is 3.01. The number of amidine groups is 1. The number of nitrogens with one attached hydrogen (secondary N) is 1. The number of ether oxygens (including phenoxy) is 1. The lowest BCUT2D eigenvalue weighted by atomic mass is 9.95. The van der Waals surface area contributed by atoms with Gasteiger partial charge in [0.2, 0.25) is 5.91 Å². The topological polar surface area (TPSA) is 96.9 Å². The second kappa shape index (κ2) is 6.23. The van der Waals surface area contributed by atoms with Gasteiger partial charge in [0.15, 0.2) is 5.84 Å². The molecule has 0 aromatic carbocycles. The average Bonchev–Trinajstić information content (AvgIpc) is 3.07. The summed E-state index contributed by atoms with van der Waals surface area (Å²) >= 11 is 0. The van der Waals surface area contributed by atoms with Crippen LogP contribution in [0.15, 0.2) is 5.16 Å². The van der Waals surface area contributed by atoms with Gasteiger partial charge in [-0.1, -0.05) is 18.0 Å². The summed E-state index contributed by atoms with van der Waals surface area (Å²) in [5.41, 5.74) is 5.10. The molecule has 1 unspecified atom stereocenters. The van der Waals surface area contributed by atoms with E-state index in [9.17, 15) is 4.79 Å². The number of nitrogens with zero attached hydrogens (tertiary/aromatic N) is 1. The zero-order chi connectivity index (χ0) is 13.7. The van der Waals surface area contributed by atoms with Crippen molar-refractivity contribution in [2.75, 3.05) is 6.61 Å². The van der Waals surface area contributed by atoms with E-state index in [0.717, 1.165) is 51.6 Å². The molecule has 1 saturated carbocycles. The molecule has 2 rings (SSSR count). The summed E-state index contributed by atoms with van der Waals surface area (Å²) in [6.45, 7) is 0.806. The molecule has 6 heteroatoms. The maximum absolute atomic E-state index is 12.0. The molecule has 1 atom stereocenters. The van der Waals surface area contributed by atoms with Gasteiger partial charge in [-0.3, -0.25) is 4.79 Å². The molecule has 0 radical (unpaired) electrons. The number of carbonyl (C=O) groups is 1. The van der Waals surface area contributed by atoms with Crippen LogP contribution < -0.4 is 11.1 Å². The van der Waals surface area contributed by atoms with Gasteiger partial charge in [0.1, 0.15) is 5.54 Å². The molecule has 108 valence electrons. The van der Waals surface area contributed by atoms with E-state index in [1.54, 1.807) is 0 Å². The predicted octanol–water partition coefficient (Wildman–Crippen LogP) is 1.12. The average molecular weight is 269 g/mol. The summed E-state index contributed by atoms with van der Waals surface area (Å²) in [7, 11) is 0. The van der Waals surface area contributed by atoms with Crippen LogP contribution in [0.4, 0.5) is 0 Å². The summed E-state index contributed by atoms with van der Waals surface area (Å²) < 4.78 is 5.50. The van der Waals surface area contributed by atoms with Gasteiger partial charge in [0.05, 0.1) is 6.10 Å². The minimum Gasteiger partial charge on any atom is -0.409 e. The van der Waals surface area contributed by atoms with Crippen molar-refractivity contribution < 1.29 is 14.7 Å². The van der Waals surface area contributed by atoms with E-state index in [-0.39, 0.29) is 17.8 Å². The summed E-state index contributed by atoms with van der Waals surface area (Å²) in [5.74, 6) is 0.0828. The minimum absolute atomic E-state index is 0.0380. The van der Waals surface area contributed by atoms with Crippen LogP contribution in [-0.4, -0.2) is 35.2 Å². The Morgan fingerprint density at radius 2 is 2.16 bits per heavy atom. The number of amides is 1. The number of rotatable bonds is 5. The molecule has 1 amide bonds. The highest BCUT2D eigenvalue weighted by Crippen LogP contribution is 2.30. The Hall–Kier alpha value is -1.30. The van der Waals surface area contributed by atoms with Crippen LogP contribution in [0.1, 0.15) is 51.4 Å². The number of oxime groups is 1.